The molecule has 4 heteroatoms. The zero-order valence-electron chi connectivity index (χ0n) is 21.4. The van der Waals surface area contributed by atoms with Gasteiger partial charge in [-0.25, -0.2) is 4.98 Å². The van der Waals surface area contributed by atoms with E-state index in [4.69, 9.17) is 9.40 Å². The third-order valence-corrected chi connectivity index (χ3v) is 7.62. The van der Waals surface area contributed by atoms with Crippen molar-refractivity contribution in [2.24, 2.45) is 0 Å². The molecule has 40 heavy (non-hydrogen) atoms. The van der Waals surface area contributed by atoms with Gasteiger partial charge in [0.05, 0.1) is 34.1 Å². The first-order valence-electron chi connectivity index (χ1n) is 13.2. The van der Waals surface area contributed by atoms with Gasteiger partial charge in [0.15, 0.2) is 0 Å². The summed E-state index contributed by atoms with van der Waals surface area (Å²) in [5.41, 5.74) is 9.40. The summed E-state index contributed by atoms with van der Waals surface area (Å²) in [5, 5.41) is 13.9. The van der Waals surface area contributed by atoms with Gasteiger partial charge in [0.2, 0.25) is 0 Å². The van der Waals surface area contributed by atoms with Crippen molar-refractivity contribution in [3.05, 3.63) is 133 Å². The van der Waals surface area contributed by atoms with E-state index in [0.717, 1.165) is 50.1 Å². The van der Waals surface area contributed by atoms with E-state index in [0.29, 0.717) is 5.56 Å². The lowest BCUT2D eigenvalue weighted by molar-refractivity contribution is 0.669. The molecule has 4 nitrogen and oxygen atoms in total. The normalized spacial score (nSPS) is 11.5. The summed E-state index contributed by atoms with van der Waals surface area (Å²) in [7, 11) is 0. The molecule has 0 saturated carbocycles. The average molecular weight is 512 g/mol. The minimum Gasteiger partial charge on any atom is -0.456 e. The highest BCUT2D eigenvalue weighted by atomic mass is 16.3. The first-order valence-corrected chi connectivity index (χ1v) is 13.2. The summed E-state index contributed by atoms with van der Waals surface area (Å²) in [6, 6.07) is 45.5. The molecule has 0 unspecified atom stereocenters. The van der Waals surface area contributed by atoms with Gasteiger partial charge in [0, 0.05) is 38.4 Å². The molecule has 3 aromatic heterocycles. The number of rotatable bonds is 3. The van der Waals surface area contributed by atoms with Crippen molar-refractivity contribution in [2.75, 3.05) is 0 Å². The predicted molar refractivity (Wildman–Crippen MR) is 161 cm³/mol. The summed E-state index contributed by atoms with van der Waals surface area (Å²) in [4.78, 5) is 4.94. The minimum absolute atomic E-state index is 0.620. The number of nitriles is 1. The van der Waals surface area contributed by atoms with E-state index in [2.05, 4.69) is 89.5 Å². The number of hydrogen-bond donors (Lipinski definition) is 0. The topological polar surface area (TPSA) is 54.8 Å². The second-order valence-electron chi connectivity index (χ2n) is 9.96. The molecule has 0 N–H and O–H groups in total. The van der Waals surface area contributed by atoms with Gasteiger partial charge in [0.25, 0.3) is 0 Å². The molecular weight excluding hydrogens is 490 g/mol. The van der Waals surface area contributed by atoms with Crippen LogP contribution in [0.25, 0.3) is 71.9 Å². The van der Waals surface area contributed by atoms with Crippen LogP contribution in [0, 0.1) is 11.3 Å². The highest BCUT2D eigenvalue weighted by Crippen LogP contribution is 2.36. The molecule has 0 bridgehead atoms. The molecular formula is C36H21N3O. The monoisotopic (exact) mass is 511 g/mol. The van der Waals surface area contributed by atoms with Crippen molar-refractivity contribution in [3.8, 4) is 34.3 Å². The number of furan rings is 1. The Hall–Kier alpha value is -5.66. The van der Waals surface area contributed by atoms with Gasteiger partial charge in [0.1, 0.15) is 11.2 Å². The van der Waals surface area contributed by atoms with E-state index in [1.54, 1.807) is 6.07 Å². The molecule has 0 spiro atoms. The second kappa shape index (κ2) is 8.69. The van der Waals surface area contributed by atoms with Crippen LogP contribution in [0.3, 0.4) is 0 Å². The summed E-state index contributed by atoms with van der Waals surface area (Å²) in [5.74, 6) is 0. The molecule has 0 aliphatic heterocycles. The Morgan fingerprint density at radius 3 is 1.90 bits per heavy atom. The first-order chi connectivity index (χ1) is 19.8. The number of para-hydroxylation sites is 2. The summed E-state index contributed by atoms with van der Waals surface area (Å²) in [6.07, 6.45) is 0. The zero-order valence-corrected chi connectivity index (χ0v) is 21.4. The highest BCUT2D eigenvalue weighted by Gasteiger charge is 2.15. The van der Waals surface area contributed by atoms with E-state index in [1.165, 1.54) is 21.8 Å². The van der Waals surface area contributed by atoms with Crippen LogP contribution in [0.4, 0.5) is 0 Å². The van der Waals surface area contributed by atoms with Crippen molar-refractivity contribution >= 4 is 43.7 Å². The van der Waals surface area contributed by atoms with Gasteiger partial charge < -0.3 is 8.98 Å². The Kier molecular flexibility index (Phi) is 4.85. The molecule has 0 amide bonds. The maximum Gasteiger partial charge on any atom is 0.135 e. The molecule has 5 aromatic carbocycles. The Balaban J connectivity index is 1.29. The summed E-state index contributed by atoms with van der Waals surface area (Å²) in [6.45, 7) is 0. The van der Waals surface area contributed by atoms with Gasteiger partial charge >= 0.3 is 0 Å². The lowest BCUT2D eigenvalue weighted by Crippen LogP contribution is -1.93. The van der Waals surface area contributed by atoms with E-state index < -0.39 is 0 Å². The largest absolute Gasteiger partial charge is 0.456 e. The lowest BCUT2D eigenvalue weighted by Gasteiger charge is -2.08. The van der Waals surface area contributed by atoms with Gasteiger partial charge in [-0.05, 0) is 72.8 Å². The third kappa shape index (κ3) is 3.42. The highest BCUT2D eigenvalue weighted by molar-refractivity contribution is 6.10. The SMILES string of the molecule is N#Cc1cccc(-c2cccc(-c3ccc4oc5ccc(-n6c7ccccc7c7ccccc76)cc5c4c3)n2)c1. The van der Waals surface area contributed by atoms with Gasteiger partial charge in [-0.2, -0.15) is 5.26 Å². The van der Waals surface area contributed by atoms with E-state index in [-0.39, 0.29) is 0 Å². The van der Waals surface area contributed by atoms with Crippen molar-refractivity contribution in [3.63, 3.8) is 0 Å². The van der Waals surface area contributed by atoms with Crippen molar-refractivity contribution in [1.82, 2.24) is 9.55 Å². The summed E-state index contributed by atoms with van der Waals surface area (Å²) >= 11 is 0. The van der Waals surface area contributed by atoms with Crippen molar-refractivity contribution < 1.29 is 4.42 Å². The number of nitrogens with zero attached hydrogens (tertiary/aromatic N) is 3. The molecule has 186 valence electrons. The fraction of sp³-hybridized carbons (Fsp3) is 0. The molecule has 0 atom stereocenters. The quantitative estimate of drug-likeness (QED) is 0.237. The average Bonchev–Trinajstić information content (AvgIpc) is 3.56. The molecule has 0 saturated heterocycles. The van der Waals surface area contributed by atoms with Crippen LogP contribution in [0.5, 0.6) is 0 Å². The standard InChI is InChI=1S/C36H21N3O/c37-22-23-7-5-8-24(19-23)31-11-6-12-32(38-31)25-15-17-35-29(20-25)30-21-26(16-18-36(30)40-35)39-33-13-3-1-9-27(33)28-10-2-4-14-34(28)39/h1-21H. The van der Waals surface area contributed by atoms with Crippen molar-refractivity contribution in [1.29, 1.82) is 5.26 Å². The van der Waals surface area contributed by atoms with Crippen LogP contribution in [0.2, 0.25) is 0 Å². The zero-order chi connectivity index (χ0) is 26.6. The van der Waals surface area contributed by atoms with E-state index >= 15 is 0 Å². The number of fused-ring (bicyclic) bond motifs is 6. The van der Waals surface area contributed by atoms with Crippen LogP contribution in [0.1, 0.15) is 5.56 Å². The molecule has 0 fully saturated rings. The smallest absolute Gasteiger partial charge is 0.135 e. The molecule has 3 heterocycles. The molecule has 8 rings (SSSR count). The predicted octanol–water partition coefficient (Wildman–Crippen LogP) is 9.28. The van der Waals surface area contributed by atoms with Crippen LogP contribution < -0.4 is 0 Å². The maximum atomic E-state index is 9.31. The molecule has 8 aromatic rings. The summed E-state index contributed by atoms with van der Waals surface area (Å²) < 4.78 is 8.58. The Morgan fingerprint density at radius 1 is 0.550 bits per heavy atom. The maximum absolute atomic E-state index is 9.31. The number of pyridine rings is 1. The van der Waals surface area contributed by atoms with E-state index in [9.17, 15) is 5.26 Å². The van der Waals surface area contributed by atoms with Crippen LogP contribution in [-0.4, -0.2) is 9.55 Å². The minimum atomic E-state index is 0.620. The number of benzene rings is 5. The van der Waals surface area contributed by atoms with Gasteiger partial charge in [-0.1, -0.05) is 54.6 Å². The lowest BCUT2D eigenvalue weighted by atomic mass is 10.0. The molecule has 0 aliphatic rings. The van der Waals surface area contributed by atoms with Crippen molar-refractivity contribution in [2.45, 2.75) is 0 Å². The van der Waals surface area contributed by atoms with Crippen LogP contribution in [0.15, 0.2) is 132 Å². The Labute approximate surface area is 230 Å². The number of aromatic nitrogens is 2. The van der Waals surface area contributed by atoms with Crippen LogP contribution >= 0.6 is 0 Å². The van der Waals surface area contributed by atoms with Crippen LogP contribution in [-0.2, 0) is 0 Å². The number of hydrogen-bond acceptors (Lipinski definition) is 3. The molecule has 0 aliphatic carbocycles. The first kappa shape index (κ1) is 22.3. The van der Waals surface area contributed by atoms with Gasteiger partial charge in [-0.3, -0.25) is 0 Å². The molecule has 0 radical (unpaired) electrons. The second-order valence-corrected chi connectivity index (χ2v) is 9.96. The Bertz CT molecular complexity index is 2240. The van der Waals surface area contributed by atoms with E-state index in [1.807, 2.05) is 42.5 Å². The fourth-order valence-electron chi connectivity index (χ4n) is 5.77. The fourth-order valence-corrected chi connectivity index (χ4v) is 5.77. The van der Waals surface area contributed by atoms with Gasteiger partial charge in [-0.15, -0.1) is 0 Å². The third-order valence-electron chi connectivity index (χ3n) is 7.62. The Morgan fingerprint density at radius 2 is 1.18 bits per heavy atom.